The van der Waals surface area contributed by atoms with Crippen LogP contribution in [0.15, 0.2) is 36.5 Å². The number of nitrogens with one attached hydrogen (secondary N) is 2. The lowest BCUT2D eigenvalue weighted by Gasteiger charge is -2.29. The second kappa shape index (κ2) is 16.2. The van der Waals surface area contributed by atoms with Gasteiger partial charge < -0.3 is 39.1 Å². The average Bonchev–Trinajstić information content (AvgIpc) is 3.38. The third-order valence-electron chi connectivity index (χ3n) is 8.58. The van der Waals surface area contributed by atoms with E-state index in [4.69, 9.17) is 28.5 Å². The number of alkyl halides is 3. The number of ether oxygens (including phenoxy) is 1. The van der Waals surface area contributed by atoms with Crippen molar-refractivity contribution >= 4 is 44.5 Å². The quantitative estimate of drug-likeness (QED) is 0.0678. The Morgan fingerprint density at radius 1 is 1.00 bits per heavy atom. The van der Waals surface area contributed by atoms with Crippen molar-refractivity contribution in [2.24, 2.45) is 0 Å². The fourth-order valence-electron chi connectivity index (χ4n) is 6.33. The Hall–Kier alpha value is -3.60. The van der Waals surface area contributed by atoms with Crippen molar-refractivity contribution in [1.82, 2.24) is 14.9 Å². The van der Waals surface area contributed by atoms with Crippen molar-refractivity contribution in [2.45, 2.75) is 70.4 Å². The van der Waals surface area contributed by atoms with Crippen LogP contribution in [-0.2, 0) is 46.6 Å². The Balaban J connectivity index is 1.41. The van der Waals surface area contributed by atoms with E-state index in [2.05, 4.69) is 25.3 Å². The van der Waals surface area contributed by atoms with Crippen LogP contribution in [0.2, 0.25) is 0 Å². The molecule has 1 aliphatic heterocycles. The Morgan fingerprint density at radius 3 is 2.29 bits per heavy atom. The van der Waals surface area contributed by atoms with Gasteiger partial charge in [-0.05, 0) is 80.3 Å². The molecule has 1 fully saturated rings. The third-order valence-corrected chi connectivity index (χ3v) is 10.9. The zero-order chi connectivity index (χ0) is 37.8. The topological polar surface area (TPSA) is 191 Å². The van der Waals surface area contributed by atoms with Crippen molar-refractivity contribution in [3.05, 3.63) is 64.3 Å². The lowest BCUT2D eigenvalue weighted by Crippen LogP contribution is -2.21. The first-order valence-electron chi connectivity index (χ1n) is 16.4. The summed E-state index contributed by atoms with van der Waals surface area (Å²) < 4.78 is 87.2. The average molecular weight is 774 g/mol. The summed E-state index contributed by atoms with van der Waals surface area (Å²) in [4.78, 5) is 45.7. The second-order valence-corrected chi connectivity index (χ2v) is 15.4. The van der Waals surface area contributed by atoms with Crippen LogP contribution in [0, 0.1) is 0 Å². The van der Waals surface area contributed by atoms with Crippen LogP contribution in [-0.4, -0.2) is 64.0 Å². The molecular formula is C32H40F3N5O10P2. The first kappa shape index (κ1) is 39.6. The summed E-state index contributed by atoms with van der Waals surface area (Å²) in [5.41, 5.74) is 1.60. The fourth-order valence-corrected chi connectivity index (χ4v) is 8.25. The predicted octanol–water partition coefficient (Wildman–Crippen LogP) is 7.41. The molecule has 1 aromatic heterocycles. The number of fused-ring (bicyclic) bond motifs is 1. The second-order valence-electron chi connectivity index (χ2n) is 12.2. The number of carbonyl (C=O) groups is 1. The number of carbonyl (C=O) groups excluding carboxylic acids is 1. The summed E-state index contributed by atoms with van der Waals surface area (Å²) >= 11 is 0. The minimum absolute atomic E-state index is 0.0305. The standard InChI is InChI=1S/C32H40F3N5O10P2/c1-5-47-51(42,48-6-2)18-19-7-13-25(27(15-19)46-4)38-31-36-16-24(32(33,34)35)29(39-31)37-26-14-12-22(23-17-40(3)30(41)28(23)26)20-8-10-21(11-9-20)49-50-52(43,44)45/h7,12-16,20-21H,5-6,8-11,17-18H2,1-4H3,(H2,43,44,45)(H2,36,37,38,39). The van der Waals surface area contributed by atoms with Crippen LogP contribution in [0.5, 0.6) is 5.75 Å². The molecule has 3 aromatic rings. The van der Waals surface area contributed by atoms with Gasteiger partial charge in [0.15, 0.2) is 0 Å². The van der Waals surface area contributed by atoms with Crippen LogP contribution in [0.4, 0.5) is 36.3 Å². The molecule has 0 bridgehead atoms. The molecule has 1 saturated carbocycles. The van der Waals surface area contributed by atoms with Crippen molar-refractivity contribution in [2.75, 3.05) is 38.0 Å². The van der Waals surface area contributed by atoms with Gasteiger partial charge in [-0.25, -0.2) is 14.4 Å². The molecule has 0 atom stereocenters. The summed E-state index contributed by atoms with van der Waals surface area (Å²) in [5, 5.41) is 5.64. The van der Waals surface area contributed by atoms with Gasteiger partial charge in [0.2, 0.25) is 5.95 Å². The number of hydrogen-bond donors (Lipinski definition) is 4. The van der Waals surface area contributed by atoms with Crippen LogP contribution >= 0.6 is 15.4 Å². The molecule has 1 aliphatic carbocycles. The molecule has 2 aliphatic rings. The number of nitrogens with zero attached hydrogens (tertiary/aromatic N) is 3. The van der Waals surface area contributed by atoms with Crippen LogP contribution in [0.1, 0.15) is 78.1 Å². The van der Waals surface area contributed by atoms with Crippen molar-refractivity contribution in [1.29, 1.82) is 0 Å². The highest BCUT2D eigenvalue weighted by atomic mass is 31.2. The number of phosphoric acid groups is 1. The summed E-state index contributed by atoms with van der Waals surface area (Å²) in [5.74, 6) is -0.934. The predicted molar refractivity (Wildman–Crippen MR) is 183 cm³/mol. The van der Waals surface area contributed by atoms with Gasteiger partial charge in [0.05, 0.1) is 49.5 Å². The Morgan fingerprint density at radius 2 is 1.67 bits per heavy atom. The van der Waals surface area contributed by atoms with E-state index >= 15 is 0 Å². The number of benzene rings is 2. The van der Waals surface area contributed by atoms with Gasteiger partial charge in [-0.3, -0.25) is 9.36 Å². The maximum Gasteiger partial charge on any atom is 0.496 e. The van der Waals surface area contributed by atoms with Crippen LogP contribution in [0.25, 0.3) is 0 Å². The molecular weight excluding hydrogens is 733 g/mol. The van der Waals surface area contributed by atoms with Gasteiger partial charge in [-0.2, -0.15) is 18.2 Å². The van der Waals surface area contributed by atoms with E-state index in [0.29, 0.717) is 48.7 Å². The van der Waals surface area contributed by atoms with E-state index < -0.39 is 39.1 Å². The zero-order valence-electron chi connectivity index (χ0n) is 28.8. The Bertz CT molecular complexity index is 1860. The Kier molecular flexibility index (Phi) is 12.3. The van der Waals surface area contributed by atoms with Crippen molar-refractivity contribution < 1.29 is 60.2 Å². The number of hydrogen-bond acceptors (Lipinski definition) is 12. The first-order chi connectivity index (χ1) is 24.5. The molecule has 0 saturated heterocycles. The van der Waals surface area contributed by atoms with E-state index in [1.54, 1.807) is 51.2 Å². The third kappa shape index (κ3) is 9.49. The molecule has 15 nitrogen and oxygen atoms in total. The molecule has 2 heterocycles. The number of amides is 1. The van der Waals surface area contributed by atoms with Crippen molar-refractivity contribution in [3.8, 4) is 5.75 Å². The van der Waals surface area contributed by atoms with Gasteiger partial charge in [0.1, 0.15) is 17.1 Å². The molecule has 284 valence electrons. The lowest BCUT2D eigenvalue weighted by molar-refractivity contribution is -0.264. The smallest absolute Gasteiger partial charge is 0.495 e. The molecule has 4 N–H and O–H groups in total. The molecule has 2 aromatic carbocycles. The molecule has 0 unspecified atom stereocenters. The SMILES string of the molecule is CCOP(=O)(Cc1ccc(Nc2ncc(C(F)(F)F)c(Nc3ccc(C4CCC(OOP(=O)(O)O)CC4)c4c3C(=O)N(C)C4)n2)c(OC)c1)OCC. The van der Waals surface area contributed by atoms with Crippen molar-refractivity contribution in [3.63, 3.8) is 0 Å². The Labute approximate surface area is 297 Å². The minimum atomic E-state index is -4.84. The maximum absolute atomic E-state index is 14.2. The highest BCUT2D eigenvalue weighted by molar-refractivity contribution is 7.53. The highest BCUT2D eigenvalue weighted by Crippen LogP contribution is 2.52. The van der Waals surface area contributed by atoms with E-state index in [0.717, 1.165) is 5.56 Å². The molecule has 52 heavy (non-hydrogen) atoms. The monoisotopic (exact) mass is 773 g/mol. The van der Waals surface area contributed by atoms with Gasteiger partial charge >= 0.3 is 21.6 Å². The van der Waals surface area contributed by atoms with Gasteiger partial charge in [-0.15, -0.1) is 4.67 Å². The zero-order valence-corrected chi connectivity index (χ0v) is 30.6. The molecule has 5 rings (SSSR count). The number of rotatable bonds is 15. The minimum Gasteiger partial charge on any atom is -0.495 e. The van der Waals surface area contributed by atoms with Gasteiger partial charge in [0.25, 0.3) is 5.91 Å². The number of anilines is 4. The summed E-state index contributed by atoms with van der Waals surface area (Å²) in [6, 6.07) is 8.13. The summed E-state index contributed by atoms with van der Waals surface area (Å²) in [6.45, 7) is 4.01. The summed E-state index contributed by atoms with van der Waals surface area (Å²) in [7, 11) is -5.23. The number of aromatic nitrogens is 2. The maximum atomic E-state index is 14.2. The molecule has 0 spiro atoms. The molecule has 20 heteroatoms. The van der Waals surface area contributed by atoms with Gasteiger partial charge in [-0.1, -0.05) is 12.1 Å². The van der Waals surface area contributed by atoms with E-state index in [1.165, 1.54) is 12.0 Å². The van der Waals surface area contributed by atoms with E-state index in [9.17, 15) is 27.1 Å². The highest BCUT2D eigenvalue weighted by Gasteiger charge is 2.38. The lowest BCUT2D eigenvalue weighted by atomic mass is 9.80. The van der Waals surface area contributed by atoms with Crippen LogP contribution in [0.3, 0.4) is 0 Å². The normalized spacial score (nSPS) is 18.0. The molecule has 0 radical (unpaired) electrons. The number of methoxy groups -OCH3 is 1. The molecule has 1 amide bonds. The largest absolute Gasteiger partial charge is 0.496 e. The number of halogens is 3. The fraction of sp³-hybridized carbons (Fsp3) is 0.469. The van der Waals surface area contributed by atoms with Crippen LogP contribution < -0.4 is 15.4 Å². The van der Waals surface area contributed by atoms with E-state index in [-0.39, 0.29) is 60.7 Å². The van der Waals surface area contributed by atoms with Gasteiger partial charge in [0, 0.05) is 19.8 Å². The van der Waals surface area contributed by atoms with E-state index in [1.807, 2.05) is 0 Å². The summed E-state index contributed by atoms with van der Waals surface area (Å²) in [6.07, 6.45) is -2.77. The first-order valence-corrected chi connectivity index (χ1v) is 19.6.